The van der Waals surface area contributed by atoms with Gasteiger partial charge in [-0.25, -0.2) is 9.67 Å². The van der Waals surface area contributed by atoms with E-state index in [1.807, 2.05) is 78.3 Å². The maximum Gasteiger partial charge on any atom is 0.260 e. The average molecular weight is 436 g/mol. The molecule has 1 aromatic heterocycles. The summed E-state index contributed by atoms with van der Waals surface area (Å²) in [5, 5.41) is 8.78. The number of fused-ring (bicyclic) bond motifs is 8. The van der Waals surface area contributed by atoms with Crippen LogP contribution in [-0.2, 0) is 10.3 Å². The van der Waals surface area contributed by atoms with Gasteiger partial charge in [-0.3, -0.25) is 9.69 Å². The molecule has 1 amide bonds. The highest BCUT2D eigenvalue weighted by atomic mass is 32.2. The van der Waals surface area contributed by atoms with Crippen LogP contribution in [0.2, 0.25) is 0 Å². The molecule has 7 heteroatoms. The maximum absolute atomic E-state index is 14.0. The van der Waals surface area contributed by atoms with Gasteiger partial charge in [-0.1, -0.05) is 48.5 Å². The number of aryl methyl sites for hydroxylation is 1. The molecule has 0 saturated heterocycles. The number of hydrogen-bond acceptors (Lipinski definition) is 5. The van der Waals surface area contributed by atoms with E-state index in [4.69, 9.17) is 10.1 Å². The van der Waals surface area contributed by atoms with Gasteiger partial charge in [0, 0.05) is 16.1 Å². The van der Waals surface area contributed by atoms with Crippen molar-refractivity contribution in [3.05, 3.63) is 95.7 Å². The number of para-hydroxylation sites is 3. The summed E-state index contributed by atoms with van der Waals surface area (Å²) in [6.07, 6.45) is 0. The summed E-state index contributed by atoms with van der Waals surface area (Å²) >= 11 is 1.59. The van der Waals surface area contributed by atoms with Crippen molar-refractivity contribution in [3.8, 4) is 5.69 Å². The number of aliphatic imine (C=N–C) groups is 1. The smallest absolute Gasteiger partial charge is 0.260 e. The van der Waals surface area contributed by atoms with Gasteiger partial charge >= 0.3 is 0 Å². The summed E-state index contributed by atoms with van der Waals surface area (Å²) in [5.74, 6) is 0.618. The molecule has 1 N–H and O–H groups in total. The van der Waals surface area contributed by atoms with Crippen LogP contribution in [0.25, 0.3) is 5.69 Å². The average Bonchev–Trinajstić information content (AvgIpc) is 3.45. The minimum absolute atomic E-state index is 0.0830. The first kappa shape index (κ1) is 17.8. The Bertz CT molecular complexity index is 1470. The first-order valence-corrected chi connectivity index (χ1v) is 11.2. The Hall–Kier alpha value is -3.84. The summed E-state index contributed by atoms with van der Waals surface area (Å²) < 4.78 is 1.86. The van der Waals surface area contributed by atoms with Crippen molar-refractivity contribution in [1.82, 2.24) is 9.78 Å². The van der Waals surface area contributed by atoms with Crippen molar-refractivity contribution >= 4 is 40.0 Å². The number of hydrogen-bond donors (Lipinski definition) is 1. The maximum atomic E-state index is 14.0. The van der Waals surface area contributed by atoms with E-state index in [2.05, 4.69) is 22.3 Å². The minimum Gasteiger partial charge on any atom is -0.323 e. The molecule has 3 aromatic carbocycles. The molecular weight excluding hydrogens is 418 g/mol. The van der Waals surface area contributed by atoms with E-state index in [0.29, 0.717) is 5.82 Å². The molecule has 0 radical (unpaired) electrons. The predicted molar refractivity (Wildman–Crippen MR) is 126 cm³/mol. The van der Waals surface area contributed by atoms with Gasteiger partial charge in [-0.15, -0.1) is 0 Å². The van der Waals surface area contributed by atoms with E-state index in [1.54, 1.807) is 11.8 Å². The number of aromatic nitrogens is 2. The summed E-state index contributed by atoms with van der Waals surface area (Å²) in [6, 6.07) is 26.0. The van der Waals surface area contributed by atoms with E-state index >= 15 is 0 Å². The second kappa shape index (κ2) is 6.11. The van der Waals surface area contributed by atoms with E-state index in [-0.39, 0.29) is 5.91 Å². The molecule has 4 heterocycles. The lowest BCUT2D eigenvalue weighted by Gasteiger charge is -2.41. The minimum atomic E-state index is -1.07. The molecule has 0 bridgehead atoms. The Morgan fingerprint density at radius 3 is 2.56 bits per heavy atom. The molecule has 0 unspecified atom stereocenters. The summed E-state index contributed by atoms with van der Waals surface area (Å²) in [7, 11) is 0. The lowest BCUT2D eigenvalue weighted by atomic mass is 9.80. The fraction of sp³-hybridized carbons (Fsp3) is 0.0800. The van der Waals surface area contributed by atoms with Crippen molar-refractivity contribution < 1.29 is 4.79 Å². The summed E-state index contributed by atoms with van der Waals surface area (Å²) in [6.45, 7) is 1.96. The van der Waals surface area contributed by atoms with Crippen LogP contribution in [-0.4, -0.2) is 20.9 Å². The van der Waals surface area contributed by atoms with Gasteiger partial charge in [0.1, 0.15) is 0 Å². The van der Waals surface area contributed by atoms with Gasteiger partial charge in [-0.05, 0) is 49.0 Å². The van der Waals surface area contributed by atoms with Gasteiger partial charge in [0.2, 0.25) is 0 Å². The molecule has 1 atom stereocenters. The lowest BCUT2D eigenvalue weighted by Crippen LogP contribution is -2.54. The van der Waals surface area contributed by atoms with Gasteiger partial charge in [0.15, 0.2) is 16.5 Å². The highest BCUT2D eigenvalue weighted by molar-refractivity contribution is 8.14. The number of amidine groups is 1. The zero-order valence-electron chi connectivity index (χ0n) is 17.1. The van der Waals surface area contributed by atoms with Gasteiger partial charge < -0.3 is 5.32 Å². The fourth-order valence-corrected chi connectivity index (χ4v) is 6.14. The quantitative estimate of drug-likeness (QED) is 0.458. The predicted octanol–water partition coefficient (Wildman–Crippen LogP) is 4.99. The van der Waals surface area contributed by atoms with Crippen molar-refractivity contribution in [1.29, 1.82) is 0 Å². The van der Waals surface area contributed by atoms with Crippen LogP contribution in [0, 0.1) is 6.92 Å². The highest BCUT2D eigenvalue weighted by Gasteiger charge is 2.61. The van der Waals surface area contributed by atoms with Gasteiger partial charge in [0.25, 0.3) is 5.91 Å². The molecule has 1 spiro atoms. The largest absolute Gasteiger partial charge is 0.323 e. The molecule has 3 aliphatic heterocycles. The summed E-state index contributed by atoms with van der Waals surface area (Å²) in [5.41, 5.74) is 4.19. The van der Waals surface area contributed by atoms with E-state index in [0.717, 1.165) is 43.9 Å². The number of carbonyl (C=O) groups is 1. The first-order chi connectivity index (χ1) is 15.7. The summed E-state index contributed by atoms with van der Waals surface area (Å²) in [4.78, 5) is 22.2. The van der Waals surface area contributed by atoms with Crippen LogP contribution in [0.3, 0.4) is 0 Å². The zero-order valence-corrected chi connectivity index (χ0v) is 17.9. The number of nitrogens with zero attached hydrogens (tertiary/aromatic N) is 4. The fourth-order valence-electron chi connectivity index (χ4n) is 5.08. The highest BCUT2D eigenvalue weighted by Crippen LogP contribution is 2.58. The Morgan fingerprint density at radius 1 is 0.938 bits per heavy atom. The van der Waals surface area contributed by atoms with Crippen LogP contribution < -0.4 is 10.2 Å². The molecule has 4 aromatic rings. The monoisotopic (exact) mass is 435 g/mol. The third-order valence-electron chi connectivity index (χ3n) is 6.33. The number of carbonyl (C=O) groups excluding carboxylic acids is 1. The molecule has 7 rings (SSSR count). The molecule has 0 fully saturated rings. The number of rotatable bonds is 1. The number of thioether (sulfide) groups is 1. The topological polar surface area (TPSA) is 62.5 Å². The van der Waals surface area contributed by atoms with E-state index in [9.17, 15) is 4.79 Å². The third kappa shape index (κ3) is 2.04. The van der Waals surface area contributed by atoms with Crippen LogP contribution >= 0.6 is 11.8 Å². The SMILES string of the molecule is Cc1nn(-c2ccccc2)c2c1[C@]1(C(=O)Nc3ccccc31)N1C(=N2)Sc2ccccc21. The standard InChI is InChI=1S/C25H17N5OS/c1-15-21-22(30(28-15)16-9-3-2-4-10-16)27-24-29(19-13-7-8-14-20(19)32-24)25(21)17-11-5-6-12-18(17)26-23(25)31/h2-14H,1H3,(H,26,31)/t25-/m1/s1. The van der Waals surface area contributed by atoms with Crippen molar-refractivity contribution in [2.75, 3.05) is 10.2 Å². The van der Waals surface area contributed by atoms with Crippen LogP contribution in [0.5, 0.6) is 0 Å². The van der Waals surface area contributed by atoms with Crippen LogP contribution in [0.15, 0.2) is 88.8 Å². The Morgan fingerprint density at radius 2 is 1.69 bits per heavy atom. The normalized spacial score (nSPS) is 19.8. The number of amides is 1. The molecule has 3 aliphatic rings. The Balaban J connectivity index is 1.62. The molecular formula is C25H17N5OS. The number of anilines is 2. The molecule has 32 heavy (non-hydrogen) atoms. The molecule has 6 nitrogen and oxygen atoms in total. The van der Waals surface area contributed by atoms with Gasteiger partial charge in [-0.2, -0.15) is 5.10 Å². The Labute approximate surface area is 188 Å². The number of nitrogens with one attached hydrogen (secondary N) is 1. The van der Waals surface area contributed by atoms with E-state index < -0.39 is 5.54 Å². The first-order valence-electron chi connectivity index (χ1n) is 10.4. The second-order valence-corrected chi connectivity index (χ2v) is 9.05. The Kier molecular flexibility index (Phi) is 3.40. The second-order valence-electron chi connectivity index (χ2n) is 8.04. The van der Waals surface area contributed by atoms with Crippen molar-refractivity contribution in [2.24, 2.45) is 4.99 Å². The molecule has 0 saturated carbocycles. The van der Waals surface area contributed by atoms with Crippen LogP contribution in [0.4, 0.5) is 17.2 Å². The molecule has 0 aliphatic carbocycles. The van der Waals surface area contributed by atoms with E-state index in [1.165, 1.54) is 0 Å². The molecule has 154 valence electrons. The van der Waals surface area contributed by atoms with Gasteiger partial charge in [0.05, 0.1) is 22.6 Å². The van der Waals surface area contributed by atoms with Crippen molar-refractivity contribution in [2.45, 2.75) is 17.4 Å². The number of benzene rings is 3. The third-order valence-corrected chi connectivity index (χ3v) is 7.35. The lowest BCUT2D eigenvalue weighted by molar-refractivity contribution is -0.119. The van der Waals surface area contributed by atoms with Crippen LogP contribution in [0.1, 0.15) is 16.8 Å². The van der Waals surface area contributed by atoms with Crippen molar-refractivity contribution in [3.63, 3.8) is 0 Å². The zero-order chi connectivity index (χ0) is 21.4.